The van der Waals surface area contributed by atoms with E-state index in [2.05, 4.69) is 0 Å². The zero-order valence-electron chi connectivity index (χ0n) is 19.9. The molecule has 1 heterocycles. The summed E-state index contributed by atoms with van der Waals surface area (Å²) in [4.78, 5) is 30.4. The molecule has 3 aromatic rings. The van der Waals surface area contributed by atoms with E-state index in [1.807, 2.05) is 35.2 Å². The van der Waals surface area contributed by atoms with Crippen LogP contribution >= 0.6 is 34.8 Å². The number of rotatable bonds is 3. The van der Waals surface area contributed by atoms with E-state index < -0.39 is 0 Å². The van der Waals surface area contributed by atoms with Crippen molar-refractivity contribution in [1.82, 2.24) is 9.80 Å². The summed E-state index contributed by atoms with van der Waals surface area (Å²) in [5, 5.41) is 1.19. The van der Waals surface area contributed by atoms with Gasteiger partial charge in [-0.3, -0.25) is 9.59 Å². The lowest BCUT2D eigenvalue weighted by molar-refractivity contribution is 0.0590. The second-order valence-corrected chi connectivity index (χ2v) is 10.1. The maximum atomic E-state index is 13.8. The first kappa shape index (κ1) is 26.3. The van der Waals surface area contributed by atoms with Gasteiger partial charge in [0.15, 0.2) is 0 Å². The predicted octanol–water partition coefficient (Wildman–Crippen LogP) is 6.65. The largest absolute Gasteiger partial charge is 0.491 e. The standard InChI is InChI=1S/C28H27Cl3N2O3/c1-32-13-5-6-14-33(27(34)20-9-11-24(30)25(31)16-20)22(15-19-7-3-2-4-8-19)18-36-26-12-10-21(29)17-23(26)28(32)35/h2-4,7-12,16-17,22H,5-6,13-15,18H2,1H3/t22-/m0/s1. The Hall–Kier alpha value is -2.73. The summed E-state index contributed by atoms with van der Waals surface area (Å²) in [6, 6.07) is 19.7. The fourth-order valence-corrected chi connectivity index (χ4v) is 4.78. The highest BCUT2D eigenvalue weighted by molar-refractivity contribution is 6.42. The van der Waals surface area contributed by atoms with Gasteiger partial charge in [-0.25, -0.2) is 0 Å². The Kier molecular flexibility index (Phi) is 8.78. The highest BCUT2D eigenvalue weighted by Gasteiger charge is 2.28. The van der Waals surface area contributed by atoms with Gasteiger partial charge in [0.2, 0.25) is 0 Å². The Morgan fingerprint density at radius 3 is 2.44 bits per heavy atom. The molecule has 36 heavy (non-hydrogen) atoms. The molecule has 0 bridgehead atoms. The topological polar surface area (TPSA) is 49.9 Å². The fourth-order valence-electron chi connectivity index (χ4n) is 4.31. The van der Waals surface area contributed by atoms with Crippen LogP contribution in [-0.4, -0.2) is 54.4 Å². The highest BCUT2D eigenvalue weighted by atomic mass is 35.5. The molecule has 5 nitrogen and oxygen atoms in total. The number of amides is 2. The number of ether oxygens (including phenoxy) is 1. The van der Waals surface area contributed by atoms with Gasteiger partial charge in [0.1, 0.15) is 12.4 Å². The Balaban J connectivity index is 1.71. The van der Waals surface area contributed by atoms with Crippen molar-refractivity contribution >= 4 is 46.6 Å². The van der Waals surface area contributed by atoms with Crippen LogP contribution in [0.25, 0.3) is 0 Å². The van der Waals surface area contributed by atoms with E-state index in [1.165, 1.54) is 0 Å². The molecule has 0 N–H and O–H groups in total. The van der Waals surface area contributed by atoms with Crippen LogP contribution in [0.1, 0.15) is 39.1 Å². The third kappa shape index (κ3) is 6.33. The molecule has 188 valence electrons. The maximum Gasteiger partial charge on any atom is 0.257 e. The Labute approximate surface area is 226 Å². The van der Waals surface area contributed by atoms with Crippen LogP contribution in [0, 0.1) is 0 Å². The minimum atomic E-state index is -0.287. The third-order valence-corrected chi connectivity index (χ3v) is 7.25. The van der Waals surface area contributed by atoms with Crippen molar-refractivity contribution in [3.63, 3.8) is 0 Å². The van der Waals surface area contributed by atoms with Crippen LogP contribution in [0.5, 0.6) is 5.75 Å². The van der Waals surface area contributed by atoms with Crippen LogP contribution in [-0.2, 0) is 6.42 Å². The van der Waals surface area contributed by atoms with Crippen LogP contribution in [0.2, 0.25) is 15.1 Å². The minimum absolute atomic E-state index is 0.142. The van der Waals surface area contributed by atoms with Crippen molar-refractivity contribution in [3.05, 3.63) is 98.5 Å². The minimum Gasteiger partial charge on any atom is -0.491 e. The SMILES string of the molecule is CN1CCCCN(C(=O)c2ccc(Cl)c(Cl)c2)[C@@H](Cc2ccccc2)COc2ccc(Cl)cc2C1=O. The normalized spacial score (nSPS) is 17.0. The Morgan fingerprint density at radius 1 is 0.944 bits per heavy atom. The van der Waals surface area contributed by atoms with Gasteiger partial charge in [-0.15, -0.1) is 0 Å². The summed E-state index contributed by atoms with van der Waals surface area (Å²) in [5.74, 6) is 0.157. The molecule has 4 rings (SSSR count). The smallest absolute Gasteiger partial charge is 0.257 e. The average molecular weight is 546 g/mol. The first-order valence-corrected chi connectivity index (χ1v) is 12.9. The van der Waals surface area contributed by atoms with Gasteiger partial charge in [-0.2, -0.15) is 0 Å². The van der Waals surface area contributed by atoms with Gasteiger partial charge in [0.25, 0.3) is 11.8 Å². The van der Waals surface area contributed by atoms with E-state index in [0.29, 0.717) is 51.5 Å². The summed E-state index contributed by atoms with van der Waals surface area (Å²) in [7, 11) is 1.76. The number of carbonyl (C=O) groups excluding carboxylic acids is 2. The quantitative estimate of drug-likeness (QED) is 0.370. The molecule has 0 aliphatic carbocycles. The number of fused-ring (bicyclic) bond motifs is 1. The van der Waals surface area contributed by atoms with Crippen LogP contribution in [0.3, 0.4) is 0 Å². The van der Waals surface area contributed by atoms with Gasteiger partial charge in [0, 0.05) is 30.7 Å². The van der Waals surface area contributed by atoms with Crippen molar-refractivity contribution in [3.8, 4) is 5.75 Å². The van der Waals surface area contributed by atoms with Gasteiger partial charge in [-0.05, 0) is 61.2 Å². The summed E-state index contributed by atoms with van der Waals surface area (Å²) >= 11 is 18.5. The average Bonchev–Trinajstić information content (AvgIpc) is 2.88. The van der Waals surface area contributed by atoms with E-state index >= 15 is 0 Å². The number of hydrogen-bond donors (Lipinski definition) is 0. The molecular weight excluding hydrogens is 519 g/mol. The molecule has 0 fully saturated rings. The zero-order valence-corrected chi connectivity index (χ0v) is 22.2. The second kappa shape index (κ2) is 12.0. The molecule has 8 heteroatoms. The van der Waals surface area contributed by atoms with Crippen molar-refractivity contribution in [1.29, 1.82) is 0 Å². The summed E-state index contributed by atoms with van der Waals surface area (Å²) in [5.41, 5.74) is 1.96. The Morgan fingerprint density at radius 2 is 1.69 bits per heavy atom. The van der Waals surface area contributed by atoms with Gasteiger partial charge >= 0.3 is 0 Å². The molecule has 0 saturated heterocycles. The molecule has 0 saturated carbocycles. The molecule has 1 aliphatic rings. The lowest BCUT2D eigenvalue weighted by atomic mass is 10.0. The van der Waals surface area contributed by atoms with Crippen LogP contribution < -0.4 is 4.74 Å². The van der Waals surface area contributed by atoms with E-state index in [9.17, 15) is 9.59 Å². The van der Waals surface area contributed by atoms with Crippen molar-refractivity contribution in [2.24, 2.45) is 0 Å². The van der Waals surface area contributed by atoms with Gasteiger partial charge < -0.3 is 14.5 Å². The number of benzene rings is 3. The van der Waals surface area contributed by atoms with Crippen molar-refractivity contribution in [2.75, 3.05) is 26.7 Å². The molecule has 2 amide bonds. The van der Waals surface area contributed by atoms with E-state index in [-0.39, 0.29) is 24.5 Å². The van der Waals surface area contributed by atoms with E-state index in [4.69, 9.17) is 39.5 Å². The van der Waals surface area contributed by atoms with Crippen molar-refractivity contribution < 1.29 is 14.3 Å². The zero-order chi connectivity index (χ0) is 25.7. The number of nitrogens with zero attached hydrogens (tertiary/aromatic N) is 2. The van der Waals surface area contributed by atoms with Gasteiger partial charge in [0.05, 0.1) is 21.7 Å². The summed E-state index contributed by atoms with van der Waals surface area (Å²) in [6.07, 6.45) is 2.05. The first-order chi connectivity index (χ1) is 17.3. The summed E-state index contributed by atoms with van der Waals surface area (Å²) in [6.45, 7) is 1.26. The van der Waals surface area contributed by atoms with Gasteiger partial charge in [-0.1, -0.05) is 65.1 Å². The van der Waals surface area contributed by atoms with Crippen LogP contribution in [0.4, 0.5) is 0 Å². The molecule has 0 spiro atoms. The lowest BCUT2D eigenvalue weighted by Gasteiger charge is -2.33. The molecule has 1 aliphatic heterocycles. The lowest BCUT2D eigenvalue weighted by Crippen LogP contribution is -2.46. The Bertz CT molecular complexity index is 1240. The van der Waals surface area contributed by atoms with E-state index in [0.717, 1.165) is 18.4 Å². The molecular formula is C28H27Cl3N2O3. The fraction of sp³-hybridized carbons (Fsp3) is 0.286. The number of halogens is 3. The molecule has 0 aromatic heterocycles. The molecule has 0 radical (unpaired) electrons. The summed E-state index contributed by atoms with van der Waals surface area (Å²) < 4.78 is 6.23. The first-order valence-electron chi connectivity index (χ1n) is 11.8. The molecule has 1 atom stereocenters. The molecule has 0 unspecified atom stereocenters. The predicted molar refractivity (Wildman–Crippen MR) is 145 cm³/mol. The maximum absolute atomic E-state index is 13.8. The van der Waals surface area contributed by atoms with Crippen molar-refractivity contribution in [2.45, 2.75) is 25.3 Å². The molecule has 3 aromatic carbocycles. The second-order valence-electron chi connectivity index (χ2n) is 8.86. The number of carbonyl (C=O) groups is 2. The highest BCUT2D eigenvalue weighted by Crippen LogP contribution is 2.27. The van der Waals surface area contributed by atoms with E-state index in [1.54, 1.807) is 48.3 Å². The third-order valence-electron chi connectivity index (χ3n) is 6.27. The number of hydrogen-bond acceptors (Lipinski definition) is 3. The van der Waals surface area contributed by atoms with Crippen LogP contribution in [0.15, 0.2) is 66.7 Å². The monoisotopic (exact) mass is 544 g/mol.